The molecule has 0 spiro atoms. The molecule has 4 aromatic rings. The number of carbonyl (C=O) groups excluding carboxylic acids is 1. The van der Waals surface area contributed by atoms with Gasteiger partial charge >= 0.3 is 5.63 Å². The van der Waals surface area contributed by atoms with Crippen molar-refractivity contribution in [2.75, 3.05) is 31.2 Å². The summed E-state index contributed by atoms with van der Waals surface area (Å²) in [4.78, 5) is 32.3. The van der Waals surface area contributed by atoms with Gasteiger partial charge in [0, 0.05) is 35.3 Å². The smallest absolute Gasteiger partial charge is 0.345 e. The van der Waals surface area contributed by atoms with Crippen LogP contribution < -0.4 is 10.5 Å². The molecule has 0 N–H and O–H groups in total. The molecular weight excluding hydrogens is 476 g/mol. The standard InChI is InChI=1S/C29H23ClN2O4/c30-22-5-3-4-20(18-22)19-31-23-10-8-21(9-11-23)26(33)13-12-25-28(32-14-16-35-17-15-32)24-6-1-2-7-27(24)36-29(25)34/h1-13,18-19H,14-17H2/b13-12+,31-19?. The van der Waals surface area contributed by atoms with Crippen molar-refractivity contribution in [2.45, 2.75) is 0 Å². The Morgan fingerprint density at radius 3 is 2.53 bits per heavy atom. The maximum atomic E-state index is 12.9. The number of ketones is 1. The molecular formula is C29H23ClN2O4. The van der Waals surface area contributed by atoms with E-state index in [-0.39, 0.29) is 5.78 Å². The van der Waals surface area contributed by atoms with Crippen LogP contribution in [0.15, 0.2) is 93.1 Å². The SMILES string of the molecule is O=C(/C=C/c1c(N2CCOCC2)c2ccccc2oc1=O)c1ccc(N=Cc2cccc(Cl)c2)cc1. The lowest BCUT2D eigenvalue weighted by Crippen LogP contribution is -2.37. The zero-order chi connectivity index (χ0) is 24.9. The molecule has 1 aliphatic rings. The van der Waals surface area contributed by atoms with Crippen molar-refractivity contribution in [3.05, 3.63) is 111 Å². The average Bonchev–Trinajstić information content (AvgIpc) is 2.91. The van der Waals surface area contributed by atoms with Crippen molar-refractivity contribution in [1.82, 2.24) is 0 Å². The third kappa shape index (κ3) is 5.30. The summed E-state index contributed by atoms with van der Waals surface area (Å²) in [6.07, 6.45) is 4.68. The summed E-state index contributed by atoms with van der Waals surface area (Å²) in [6, 6.07) is 21.8. The van der Waals surface area contributed by atoms with E-state index in [4.69, 9.17) is 20.8 Å². The van der Waals surface area contributed by atoms with E-state index < -0.39 is 5.63 Å². The van der Waals surface area contributed by atoms with Gasteiger partial charge < -0.3 is 14.1 Å². The van der Waals surface area contributed by atoms with E-state index in [0.29, 0.717) is 53.7 Å². The monoisotopic (exact) mass is 498 g/mol. The number of rotatable bonds is 6. The second kappa shape index (κ2) is 10.7. The van der Waals surface area contributed by atoms with E-state index in [1.807, 2.05) is 36.4 Å². The van der Waals surface area contributed by atoms with E-state index in [0.717, 1.165) is 16.6 Å². The molecule has 2 heterocycles. The van der Waals surface area contributed by atoms with Crippen LogP contribution in [0, 0.1) is 0 Å². The highest BCUT2D eigenvalue weighted by Gasteiger charge is 2.20. The molecule has 5 rings (SSSR count). The molecule has 1 aliphatic heterocycles. The van der Waals surface area contributed by atoms with Gasteiger partial charge in [-0.1, -0.05) is 35.9 Å². The van der Waals surface area contributed by atoms with Gasteiger partial charge in [0.2, 0.25) is 0 Å². The molecule has 0 aliphatic carbocycles. The topological polar surface area (TPSA) is 72.1 Å². The number of hydrogen-bond donors (Lipinski definition) is 0. The fraction of sp³-hybridized carbons (Fsp3) is 0.138. The van der Waals surface area contributed by atoms with Gasteiger partial charge in [0.15, 0.2) is 5.78 Å². The van der Waals surface area contributed by atoms with Gasteiger partial charge in [-0.3, -0.25) is 9.79 Å². The highest BCUT2D eigenvalue weighted by molar-refractivity contribution is 6.30. The maximum Gasteiger partial charge on any atom is 0.345 e. The number of hydrogen-bond acceptors (Lipinski definition) is 6. The number of benzene rings is 3. The van der Waals surface area contributed by atoms with Gasteiger partial charge in [0.05, 0.1) is 30.2 Å². The molecule has 180 valence electrons. The number of fused-ring (bicyclic) bond motifs is 1. The Bertz CT molecular complexity index is 1520. The summed E-state index contributed by atoms with van der Waals surface area (Å²) >= 11 is 6.01. The second-order valence-corrected chi connectivity index (χ2v) is 8.74. The van der Waals surface area contributed by atoms with E-state index >= 15 is 0 Å². The third-order valence-electron chi connectivity index (χ3n) is 5.91. The number of halogens is 1. The maximum absolute atomic E-state index is 12.9. The van der Waals surface area contributed by atoms with Gasteiger partial charge in [-0.25, -0.2) is 4.79 Å². The lowest BCUT2D eigenvalue weighted by molar-refractivity contribution is 0.104. The van der Waals surface area contributed by atoms with Gasteiger partial charge in [-0.15, -0.1) is 0 Å². The molecule has 1 saturated heterocycles. The van der Waals surface area contributed by atoms with Crippen LogP contribution in [0.1, 0.15) is 21.5 Å². The number of aliphatic imine (C=N–C) groups is 1. The normalized spacial score (nSPS) is 14.2. The summed E-state index contributed by atoms with van der Waals surface area (Å²) in [6.45, 7) is 2.45. The minimum absolute atomic E-state index is 0.221. The zero-order valence-corrected chi connectivity index (χ0v) is 20.1. The Morgan fingerprint density at radius 1 is 0.972 bits per heavy atom. The number of morpholine rings is 1. The Labute approximate surface area is 213 Å². The molecule has 0 bridgehead atoms. The number of allylic oxidation sites excluding steroid dienone is 1. The molecule has 7 heteroatoms. The van der Waals surface area contributed by atoms with Crippen LogP contribution in [0.5, 0.6) is 0 Å². The van der Waals surface area contributed by atoms with Crippen LogP contribution in [-0.4, -0.2) is 38.3 Å². The number of ether oxygens (including phenoxy) is 1. The molecule has 6 nitrogen and oxygen atoms in total. The largest absolute Gasteiger partial charge is 0.422 e. The van der Waals surface area contributed by atoms with Crippen LogP contribution in [0.2, 0.25) is 5.02 Å². The first-order valence-corrected chi connectivity index (χ1v) is 12.0. The van der Waals surface area contributed by atoms with Crippen molar-refractivity contribution in [2.24, 2.45) is 4.99 Å². The minimum Gasteiger partial charge on any atom is -0.422 e. The van der Waals surface area contributed by atoms with E-state index in [9.17, 15) is 9.59 Å². The summed E-state index contributed by atoms with van der Waals surface area (Å²) < 4.78 is 11.0. The van der Waals surface area contributed by atoms with Crippen LogP contribution >= 0.6 is 11.6 Å². The Kier molecular flexibility index (Phi) is 7.07. The van der Waals surface area contributed by atoms with Crippen LogP contribution in [0.3, 0.4) is 0 Å². The van der Waals surface area contributed by atoms with Crippen molar-refractivity contribution in [3.8, 4) is 0 Å². The predicted molar refractivity (Wildman–Crippen MR) is 144 cm³/mol. The minimum atomic E-state index is -0.482. The highest BCUT2D eigenvalue weighted by Crippen LogP contribution is 2.30. The average molecular weight is 499 g/mol. The van der Waals surface area contributed by atoms with E-state index in [1.165, 1.54) is 6.08 Å². The number of carbonyl (C=O) groups is 1. The summed E-state index contributed by atoms with van der Waals surface area (Å²) in [5.74, 6) is -0.221. The number of anilines is 1. The fourth-order valence-electron chi connectivity index (χ4n) is 4.13. The third-order valence-corrected chi connectivity index (χ3v) is 6.15. The molecule has 3 aromatic carbocycles. The van der Waals surface area contributed by atoms with Crippen molar-refractivity contribution >= 4 is 52.0 Å². The van der Waals surface area contributed by atoms with E-state index in [2.05, 4.69) is 9.89 Å². The molecule has 0 amide bonds. The van der Waals surface area contributed by atoms with Crippen LogP contribution in [-0.2, 0) is 4.74 Å². The van der Waals surface area contributed by atoms with E-state index in [1.54, 1.807) is 48.7 Å². The Morgan fingerprint density at radius 2 is 1.75 bits per heavy atom. The van der Waals surface area contributed by atoms with Crippen molar-refractivity contribution < 1.29 is 13.9 Å². The molecule has 1 fully saturated rings. The van der Waals surface area contributed by atoms with Gasteiger partial charge in [0.1, 0.15) is 5.58 Å². The summed E-state index contributed by atoms with van der Waals surface area (Å²) in [7, 11) is 0. The van der Waals surface area contributed by atoms with Crippen LogP contribution in [0.25, 0.3) is 17.0 Å². The molecule has 1 aromatic heterocycles. The Hall–Kier alpha value is -4.00. The number of para-hydroxylation sites is 1. The molecule has 0 unspecified atom stereocenters. The van der Waals surface area contributed by atoms with Gasteiger partial charge in [-0.2, -0.15) is 0 Å². The zero-order valence-electron chi connectivity index (χ0n) is 19.4. The molecule has 0 radical (unpaired) electrons. The first-order chi connectivity index (χ1) is 17.6. The number of nitrogens with zero attached hydrogens (tertiary/aromatic N) is 2. The first-order valence-electron chi connectivity index (χ1n) is 11.6. The lowest BCUT2D eigenvalue weighted by atomic mass is 10.1. The first kappa shape index (κ1) is 23.7. The molecule has 0 saturated carbocycles. The highest BCUT2D eigenvalue weighted by atomic mass is 35.5. The summed E-state index contributed by atoms with van der Waals surface area (Å²) in [5, 5.41) is 1.47. The molecule has 36 heavy (non-hydrogen) atoms. The van der Waals surface area contributed by atoms with Crippen molar-refractivity contribution in [3.63, 3.8) is 0 Å². The predicted octanol–water partition coefficient (Wildman–Crippen LogP) is 5.93. The van der Waals surface area contributed by atoms with Gasteiger partial charge in [0.25, 0.3) is 0 Å². The summed E-state index contributed by atoms with van der Waals surface area (Å²) in [5.41, 5.74) is 3.24. The fourth-order valence-corrected chi connectivity index (χ4v) is 4.32. The Balaban J connectivity index is 1.40. The quantitative estimate of drug-likeness (QED) is 0.143. The van der Waals surface area contributed by atoms with Gasteiger partial charge in [-0.05, 0) is 66.2 Å². The second-order valence-electron chi connectivity index (χ2n) is 8.31. The lowest BCUT2D eigenvalue weighted by Gasteiger charge is -2.30. The van der Waals surface area contributed by atoms with Crippen molar-refractivity contribution in [1.29, 1.82) is 0 Å². The molecule has 0 atom stereocenters. The van der Waals surface area contributed by atoms with Crippen LogP contribution in [0.4, 0.5) is 11.4 Å².